The Morgan fingerprint density at radius 3 is 2.45 bits per heavy atom. The lowest BCUT2D eigenvalue weighted by Gasteiger charge is -2.39. The van der Waals surface area contributed by atoms with Crippen molar-refractivity contribution in [2.75, 3.05) is 19.0 Å². The van der Waals surface area contributed by atoms with Crippen molar-refractivity contribution in [3.8, 4) is 5.75 Å². The van der Waals surface area contributed by atoms with Crippen molar-refractivity contribution in [3.63, 3.8) is 0 Å². The van der Waals surface area contributed by atoms with Gasteiger partial charge in [0.15, 0.2) is 0 Å². The van der Waals surface area contributed by atoms with Crippen molar-refractivity contribution >= 4 is 33.4 Å². The maximum Gasteiger partial charge on any atom is 0.434 e. The van der Waals surface area contributed by atoms with E-state index in [-0.39, 0.29) is 15.6 Å². The van der Waals surface area contributed by atoms with Crippen molar-refractivity contribution in [2.45, 2.75) is 16.7 Å². The zero-order valence-corrected chi connectivity index (χ0v) is 16.3. The van der Waals surface area contributed by atoms with Gasteiger partial charge in [-0.3, -0.25) is 5.32 Å². The molecule has 156 valence electrons. The number of benzene rings is 2. The monoisotopic (exact) mass is 450 g/mol. The van der Waals surface area contributed by atoms with Gasteiger partial charge in [-0.05, 0) is 42.5 Å². The van der Waals surface area contributed by atoms with Crippen LogP contribution in [-0.2, 0) is 20.4 Å². The van der Waals surface area contributed by atoms with E-state index in [1.807, 2.05) is 4.72 Å². The summed E-state index contributed by atoms with van der Waals surface area (Å²) in [7, 11) is -2.99. The van der Waals surface area contributed by atoms with E-state index in [2.05, 4.69) is 10.1 Å². The number of cyclic esters (lactones) is 1. The standard InChI is InChI=1S/C17H14ClF3N2O5S/c1-27-11-3-5-12(6-4-11)29(25,26)22-9-16(17(19,20)21)13-8-10(18)2-7-14(13)23-15(24)28-16/h2-8,22H,9H2,1H3,(H,23,24). The molecule has 0 aromatic heterocycles. The summed E-state index contributed by atoms with van der Waals surface area (Å²) < 4.78 is 78.6. The minimum Gasteiger partial charge on any atom is -0.497 e. The number of ether oxygens (including phenoxy) is 2. The number of fused-ring (bicyclic) bond motifs is 1. The molecule has 1 atom stereocenters. The molecule has 1 aliphatic rings. The average Bonchev–Trinajstić information content (AvgIpc) is 2.65. The molecule has 2 aromatic rings. The van der Waals surface area contributed by atoms with Crippen molar-refractivity contribution < 1.29 is 35.9 Å². The zero-order chi connectivity index (χ0) is 21.4. The highest BCUT2D eigenvalue weighted by molar-refractivity contribution is 7.89. The first kappa shape index (κ1) is 21.2. The number of hydrogen-bond acceptors (Lipinski definition) is 5. The SMILES string of the molecule is COc1ccc(S(=O)(=O)NCC2(C(F)(F)F)OC(=O)Nc3ccc(Cl)cc32)cc1. The highest BCUT2D eigenvalue weighted by Gasteiger charge is 2.62. The molecule has 0 bridgehead atoms. The Bertz CT molecular complexity index is 1040. The maximum atomic E-state index is 14.1. The number of anilines is 1. The lowest BCUT2D eigenvalue weighted by molar-refractivity contribution is -0.261. The van der Waals surface area contributed by atoms with Crippen molar-refractivity contribution in [3.05, 3.63) is 53.1 Å². The van der Waals surface area contributed by atoms with Gasteiger partial charge in [0.25, 0.3) is 0 Å². The lowest BCUT2D eigenvalue weighted by Crippen LogP contribution is -2.56. The number of alkyl halides is 3. The largest absolute Gasteiger partial charge is 0.497 e. The Balaban J connectivity index is 2.01. The third kappa shape index (κ3) is 3.98. The molecule has 7 nitrogen and oxygen atoms in total. The van der Waals surface area contributed by atoms with Crippen LogP contribution in [-0.4, -0.2) is 34.3 Å². The average molecular weight is 451 g/mol. The smallest absolute Gasteiger partial charge is 0.434 e. The predicted octanol–water partition coefficient (Wildman–Crippen LogP) is 3.65. The summed E-state index contributed by atoms with van der Waals surface area (Å²) in [5, 5.41) is 2.10. The van der Waals surface area contributed by atoms with Crippen LogP contribution < -0.4 is 14.8 Å². The zero-order valence-electron chi connectivity index (χ0n) is 14.7. The normalized spacial score (nSPS) is 19.1. The van der Waals surface area contributed by atoms with Crippen molar-refractivity contribution in [2.24, 2.45) is 0 Å². The van der Waals surface area contributed by atoms with Gasteiger partial charge in [0, 0.05) is 10.6 Å². The van der Waals surface area contributed by atoms with E-state index in [1.54, 1.807) is 0 Å². The fourth-order valence-corrected chi connectivity index (χ4v) is 4.01. The molecule has 2 aromatic carbocycles. The third-order valence-corrected chi connectivity index (χ3v) is 5.91. The quantitative estimate of drug-likeness (QED) is 0.725. The van der Waals surface area contributed by atoms with Crippen LogP contribution in [0.4, 0.5) is 23.7 Å². The molecule has 29 heavy (non-hydrogen) atoms. The van der Waals surface area contributed by atoms with Gasteiger partial charge in [-0.25, -0.2) is 17.9 Å². The second-order valence-electron chi connectivity index (χ2n) is 6.03. The number of nitrogens with one attached hydrogen (secondary N) is 2. The maximum absolute atomic E-state index is 14.1. The van der Waals surface area contributed by atoms with Gasteiger partial charge < -0.3 is 9.47 Å². The first-order chi connectivity index (χ1) is 13.5. The van der Waals surface area contributed by atoms with E-state index in [9.17, 15) is 26.4 Å². The summed E-state index contributed by atoms with van der Waals surface area (Å²) in [6, 6.07) is 8.44. The molecule has 1 aliphatic heterocycles. The van der Waals surface area contributed by atoms with Crippen LogP contribution in [0.25, 0.3) is 0 Å². The third-order valence-electron chi connectivity index (χ3n) is 4.26. The Kier molecular flexibility index (Phi) is 5.41. The van der Waals surface area contributed by atoms with E-state index in [4.69, 9.17) is 16.3 Å². The van der Waals surface area contributed by atoms with E-state index in [1.165, 1.54) is 43.5 Å². The second-order valence-corrected chi connectivity index (χ2v) is 8.23. The second kappa shape index (κ2) is 7.39. The molecule has 0 spiro atoms. The molecule has 0 fully saturated rings. The fraction of sp³-hybridized carbons (Fsp3) is 0.235. The van der Waals surface area contributed by atoms with Crippen LogP contribution in [0.15, 0.2) is 47.4 Å². The van der Waals surface area contributed by atoms with Crippen molar-refractivity contribution in [1.82, 2.24) is 4.72 Å². The van der Waals surface area contributed by atoms with Crippen LogP contribution in [0.3, 0.4) is 0 Å². The summed E-state index contributed by atoms with van der Waals surface area (Å²) in [4.78, 5) is 11.5. The van der Waals surface area contributed by atoms with E-state index < -0.39 is 40.0 Å². The molecule has 0 aliphatic carbocycles. The molecule has 12 heteroatoms. The number of sulfonamides is 1. The van der Waals surface area contributed by atoms with Crippen LogP contribution >= 0.6 is 11.6 Å². The van der Waals surface area contributed by atoms with Gasteiger partial charge in [-0.15, -0.1) is 0 Å². The number of carbonyl (C=O) groups excluding carboxylic acids is 1. The topological polar surface area (TPSA) is 93.7 Å². The molecular formula is C17H14ClF3N2O5S. The Morgan fingerprint density at radius 2 is 1.86 bits per heavy atom. The Morgan fingerprint density at radius 1 is 1.21 bits per heavy atom. The fourth-order valence-electron chi connectivity index (χ4n) is 2.79. The van der Waals surface area contributed by atoms with Gasteiger partial charge in [0.1, 0.15) is 5.75 Å². The number of methoxy groups -OCH3 is 1. The van der Waals surface area contributed by atoms with Gasteiger partial charge in [-0.2, -0.15) is 13.2 Å². The summed E-state index contributed by atoms with van der Waals surface area (Å²) in [5.41, 5.74) is -3.98. The molecule has 0 saturated carbocycles. The molecular weight excluding hydrogens is 437 g/mol. The highest BCUT2D eigenvalue weighted by Crippen LogP contribution is 2.48. The number of amides is 1. The molecule has 1 amide bonds. The summed E-state index contributed by atoms with van der Waals surface area (Å²) in [6.45, 7) is -1.29. The summed E-state index contributed by atoms with van der Waals surface area (Å²) in [5.74, 6) is 0.367. The molecule has 3 rings (SSSR count). The number of carbonyl (C=O) groups is 1. The Hall–Kier alpha value is -2.50. The summed E-state index contributed by atoms with van der Waals surface area (Å²) >= 11 is 5.82. The predicted molar refractivity (Wildman–Crippen MR) is 97.5 cm³/mol. The molecule has 2 N–H and O–H groups in total. The lowest BCUT2D eigenvalue weighted by atomic mass is 9.90. The van der Waals surface area contributed by atoms with Gasteiger partial charge in [0.2, 0.25) is 15.6 Å². The molecule has 0 saturated heterocycles. The Labute approximate surface area is 168 Å². The number of rotatable bonds is 5. The van der Waals surface area contributed by atoms with Crippen molar-refractivity contribution in [1.29, 1.82) is 0 Å². The van der Waals surface area contributed by atoms with Crippen LogP contribution in [0.2, 0.25) is 5.02 Å². The van der Waals surface area contributed by atoms with Crippen LogP contribution in [0.1, 0.15) is 5.56 Å². The number of hydrogen-bond donors (Lipinski definition) is 2. The van der Waals surface area contributed by atoms with E-state index in [0.29, 0.717) is 5.75 Å². The molecule has 0 radical (unpaired) electrons. The molecule has 1 unspecified atom stereocenters. The van der Waals surface area contributed by atoms with Crippen LogP contribution in [0.5, 0.6) is 5.75 Å². The number of halogens is 4. The summed E-state index contributed by atoms with van der Waals surface area (Å²) in [6.07, 6.45) is -6.52. The first-order valence-corrected chi connectivity index (χ1v) is 9.85. The van der Waals surface area contributed by atoms with Gasteiger partial charge in [0.05, 0.1) is 24.2 Å². The first-order valence-electron chi connectivity index (χ1n) is 7.99. The highest BCUT2D eigenvalue weighted by atomic mass is 35.5. The minimum absolute atomic E-state index is 0.0462. The van der Waals surface area contributed by atoms with Crippen LogP contribution in [0, 0.1) is 0 Å². The van der Waals surface area contributed by atoms with Gasteiger partial charge >= 0.3 is 12.3 Å². The van der Waals surface area contributed by atoms with E-state index in [0.717, 1.165) is 6.07 Å². The van der Waals surface area contributed by atoms with Gasteiger partial charge in [-0.1, -0.05) is 11.6 Å². The molecule has 1 heterocycles. The minimum atomic E-state index is -5.15. The van der Waals surface area contributed by atoms with E-state index >= 15 is 0 Å².